The molecular formula is C13H13Cl2F3N2O. The second-order valence-corrected chi connectivity index (χ2v) is 5.78. The number of hydrogen-bond acceptors (Lipinski definition) is 2. The van der Waals surface area contributed by atoms with Crippen LogP contribution in [-0.2, 0) is 0 Å². The molecule has 0 spiro atoms. The molecule has 1 fully saturated rings. The van der Waals surface area contributed by atoms with Crippen LogP contribution < -0.4 is 5.32 Å². The van der Waals surface area contributed by atoms with Crippen LogP contribution in [0.1, 0.15) is 36.0 Å². The Morgan fingerprint density at radius 2 is 1.81 bits per heavy atom. The second kappa shape index (κ2) is 6.40. The lowest BCUT2D eigenvalue weighted by Gasteiger charge is -2.30. The maximum absolute atomic E-state index is 12.6. The highest BCUT2D eigenvalue weighted by Gasteiger charge is 2.41. The van der Waals surface area contributed by atoms with E-state index in [0.717, 1.165) is 0 Å². The van der Waals surface area contributed by atoms with Crippen molar-refractivity contribution in [2.24, 2.45) is 5.92 Å². The molecule has 1 aliphatic rings. The molecule has 1 saturated carbocycles. The minimum atomic E-state index is -4.15. The van der Waals surface area contributed by atoms with Crippen LogP contribution >= 0.6 is 23.2 Å². The molecule has 0 radical (unpaired) electrons. The Balaban J connectivity index is 1.93. The van der Waals surface area contributed by atoms with Gasteiger partial charge in [0.25, 0.3) is 5.91 Å². The van der Waals surface area contributed by atoms with E-state index in [4.69, 9.17) is 23.2 Å². The molecule has 0 aromatic carbocycles. The van der Waals surface area contributed by atoms with E-state index in [0.29, 0.717) is 12.8 Å². The van der Waals surface area contributed by atoms with Crippen molar-refractivity contribution in [3.05, 3.63) is 28.0 Å². The molecule has 1 amide bonds. The third-order valence-electron chi connectivity index (χ3n) is 3.58. The van der Waals surface area contributed by atoms with Gasteiger partial charge in [-0.25, -0.2) is 4.98 Å². The van der Waals surface area contributed by atoms with E-state index in [1.165, 1.54) is 12.1 Å². The molecular weight excluding hydrogens is 328 g/mol. The number of halogens is 5. The highest BCUT2D eigenvalue weighted by molar-refractivity contribution is 6.34. The van der Waals surface area contributed by atoms with Gasteiger partial charge < -0.3 is 5.32 Å². The van der Waals surface area contributed by atoms with E-state index >= 15 is 0 Å². The average Bonchev–Trinajstić information content (AvgIpc) is 2.38. The van der Waals surface area contributed by atoms with Gasteiger partial charge in [0.1, 0.15) is 10.3 Å². The van der Waals surface area contributed by atoms with Gasteiger partial charge in [0.05, 0.1) is 11.5 Å². The fourth-order valence-electron chi connectivity index (χ4n) is 2.41. The van der Waals surface area contributed by atoms with Crippen molar-refractivity contribution < 1.29 is 18.0 Å². The monoisotopic (exact) mass is 340 g/mol. The van der Waals surface area contributed by atoms with Crippen LogP contribution in [0.5, 0.6) is 0 Å². The summed E-state index contributed by atoms with van der Waals surface area (Å²) >= 11 is 11.5. The first kappa shape index (κ1) is 16.4. The predicted molar refractivity (Wildman–Crippen MR) is 73.5 cm³/mol. The summed E-state index contributed by atoms with van der Waals surface area (Å²) in [6.45, 7) is 0. The Morgan fingerprint density at radius 1 is 1.19 bits per heavy atom. The Kier molecular flexibility index (Phi) is 4.99. The number of rotatable bonds is 2. The number of carbonyl (C=O) groups excluding carboxylic acids is 1. The summed E-state index contributed by atoms with van der Waals surface area (Å²) < 4.78 is 37.7. The van der Waals surface area contributed by atoms with E-state index in [1.54, 1.807) is 0 Å². The van der Waals surface area contributed by atoms with Gasteiger partial charge in [-0.05, 0) is 37.8 Å². The van der Waals surface area contributed by atoms with Crippen LogP contribution in [0.2, 0.25) is 10.3 Å². The lowest BCUT2D eigenvalue weighted by molar-refractivity contribution is -0.182. The van der Waals surface area contributed by atoms with Crippen molar-refractivity contribution in [2.45, 2.75) is 37.9 Å². The third kappa shape index (κ3) is 4.23. The van der Waals surface area contributed by atoms with Crippen LogP contribution in [0.4, 0.5) is 13.2 Å². The molecule has 1 aliphatic carbocycles. The Morgan fingerprint density at radius 3 is 2.33 bits per heavy atom. The van der Waals surface area contributed by atoms with Crippen molar-refractivity contribution in [1.29, 1.82) is 0 Å². The normalized spacial score (nSPS) is 22.9. The first-order valence-corrected chi connectivity index (χ1v) is 7.22. The lowest BCUT2D eigenvalue weighted by Crippen LogP contribution is -2.40. The zero-order chi connectivity index (χ0) is 15.6. The number of hydrogen-bond donors (Lipinski definition) is 1. The Bertz CT molecular complexity index is 529. The quantitative estimate of drug-likeness (QED) is 0.818. The predicted octanol–water partition coefficient (Wildman–Crippen LogP) is 4.24. The van der Waals surface area contributed by atoms with Crippen molar-refractivity contribution in [3.63, 3.8) is 0 Å². The van der Waals surface area contributed by atoms with Crippen LogP contribution in [0.3, 0.4) is 0 Å². The molecule has 1 aromatic rings. The summed E-state index contributed by atoms with van der Waals surface area (Å²) in [6, 6.07) is 2.60. The van der Waals surface area contributed by atoms with Gasteiger partial charge >= 0.3 is 6.18 Å². The Hall–Kier alpha value is -1.01. The average molecular weight is 341 g/mol. The summed E-state index contributed by atoms with van der Waals surface area (Å²) in [5, 5.41) is 2.84. The van der Waals surface area contributed by atoms with Gasteiger partial charge in [0, 0.05) is 6.04 Å². The van der Waals surface area contributed by atoms with Crippen LogP contribution in [0.25, 0.3) is 0 Å². The second-order valence-electron chi connectivity index (χ2n) is 5.04. The number of aromatic nitrogens is 1. The summed E-state index contributed by atoms with van der Waals surface area (Å²) in [4.78, 5) is 15.8. The SMILES string of the molecule is O=C(N[C@H]1CC[C@H](C(F)(F)F)CC1)c1ccc(Cl)nc1Cl. The highest BCUT2D eigenvalue weighted by Crippen LogP contribution is 2.37. The molecule has 2 rings (SSSR count). The largest absolute Gasteiger partial charge is 0.391 e. The molecule has 21 heavy (non-hydrogen) atoms. The minimum absolute atomic E-state index is 0.0241. The van der Waals surface area contributed by atoms with Crippen LogP contribution in [-0.4, -0.2) is 23.1 Å². The van der Waals surface area contributed by atoms with E-state index in [2.05, 4.69) is 10.3 Å². The molecule has 3 nitrogen and oxygen atoms in total. The number of amides is 1. The van der Waals surface area contributed by atoms with Crippen molar-refractivity contribution in [2.75, 3.05) is 0 Å². The number of nitrogens with zero attached hydrogens (tertiary/aromatic N) is 1. The van der Waals surface area contributed by atoms with Gasteiger partial charge in [-0.2, -0.15) is 13.2 Å². The number of carbonyl (C=O) groups is 1. The fourth-order valence-corrected chi connectivity index (χ4v) is 2.84. The Labute approximate surface area is 129 Å². The first-order valence-electron chi connectivity index (χ1n) is 6.47. The number of nitrogens with one attached hydrogen (secondary N) is 1. The molecule has 0 unspecified atom stereocenters. The van der Waals surface area contributed by atoms with Gasteiger partial charge in [-0.3, -0.25) is 4.79 Å². The molecule has 0 atom stereocenters. The third-order valence-corrected chi connectivity index (χ3v) is 4.08. The smallest absolute Gasteiger partial charge is 0.349 e. The minimum Gasteiger partial charge on any atom is -0.349 e. The van der Waals surface area contributed by atoms with Crippen molar-refractivity contribution in [1.82, 2.24) is 10.3 Å². The number of alkyl halides is 3. The fraction of sp³-hybridized carbons (Fsp3) is 0.538. The van der Waals surface area contributed by atoms with E-state index < -0.39 is 18.0 Å². The lowest BCUT2D eigenvalue weighted by atomic mass is 9.85. The molecule has 1 N–H and O–H groups in total. The molecule has 1 heterocycles. The summed E-state index contributed by atoms with van der Waals surface area (Å²) in [6.07, 6.45) is -3.50. The molecule has 0 aliphatic heterocycles. The summed E-state index contributed by atoms with van der Waals surface area (Å²) in [5.41, 5.74) is 0.166. The van der Waals surface area contributed by atoms with E-state index in [-0.39, 0.29) is 34.8 Å². The van der Waals surface area contributed by atoms with Crippen molar-refractivity contribution in [3.8, 4) is 0 Å². The van der Waals surface area contributed by atoms with Gasteiger partial charge in [-0.1, -0.05) is 23.2 Å². The first-order chi connectivity index (χ1) is 9.77. The van der Waals surface area contributed by atoms with Crippen LogP contribution in [0, 0.1) is 5.92 Å². The summed E-state index contributed by atoms with van der Waals surface area (Å²) in [5.74, 6) is -1.72. The summed E-state index contributed by atoms with van der Waals surface area (Å²) in [7, 11) is 0. The highest BCUT2D eigenvalue weighted by atomic mass is 35.5. The van der Waals surface area contributed by atoms with Crippen LogP contribution in [0.15, 0.2) is 12.1 Å². The molecule has 0 bridgehead atoms. The van der Waals surface area contributed by atoms with Crippen molar-refractivity contribution >= 4 is 29.1 Å². The zero-order valence-electron chi connectivity index (χ0n) is 10.9. The topological polar surface area (TPSA) is 42.0 Å². The maximum atomic E-state index is 12.6. The zero-order valence-corrected chi connectivity index (χ0v) is 12.4. The number of pyridine rings is 1. The standard InChI is InChI=1S/C13H13Cl2F3N2O/c14-10-6-5-9(11(15)20-10)12(21)19-8-3-1-7(2-4-8)13(16,17)18/h5-8H,1-4H2,(H,19,21)/t7-,8-. The maximum Gasteiger partial charge on any atom is 0.391 e. The van der Waals surface area contributed by atoms with Gasteiger partial charge in [0.2, 0.25) is 0 Å². The molecule has 1 aromatic heterocycles. The van der Waals surface area contributed by atoms with E-state index in [9.17, 15) is 18.0 Å². The van der Waals surface area contributed by atoms with Gasteiger partial charge in [-0.15, -0.1) is 0 Å². The van der Waals surface area contributed by atoms with Gasteiger partial charge in [0.15, 0.2) is 0 Å². The molecule has 0 saturated heterocycles. The molecule has 116 valence electrons. The van der Waals surface area contributed by atoms with E-state index in [1.807, 2.05) is 0 Å². The molecule has 8 heteroatoms.